The van der Waals surface area contributed by atoms with Crippen LogP contribution in [0.15, 0.2) is 72.9 Å². The number of aryl methyl sites for hydroxylation is 1. The molecule has 2 aromatic rings. The average Bonchev–Trinajstić information content (AvgIpc) is 3.29. The van der Waals surface area contributed by atoms with Crippen molar-refractivity contribution >= 4 is 23.7 Å². The Kier molecular flexibility index (Phi) is 8.98. The molecule has 3 saturated heterocycles. The summed E-state index contributed by atoms with van der Waals surface area (Å²) in [7, 11) is 0. The lowest BCUT2D eigenvalue weighted by atomic mass is 10.0. The van der Waals surface area contributed by atoms with Crippen LogP contribution in [0.2, 0.25) is 0 Å². The Bertz CT molecular complexity index is 1270. The highest BCUT2D eigenvalue weighted by Gasteiger charge is 2.45. The molecule has 0 radical (unpaired) electrons. The Morgan fingerprint density at radius 3 is 2.41 bits per heavy atom. The fourth-order valence-electron chi connectivity index (χ4n) is 5.52. The molecule has 0 spiro atoms. The number of amides is 3. The van der Waals surface area contributed by atoms with Crippen LogP contribution in [-0.2, 0) is 41.7 Å². The Balaban J connectivity index is 1.24. The largest absolute Gasteiger partial charge is 0.433 e. The molecule has 2 unspecified atom stereocenters. The number of nitrogens with one attached hydrogen (secondary N) is 2. The molecule has 3 aliphatic rings. The third-order valence-corrected chi connectivity index (χ3v) is 7.68. The van der Waals surface area contributed by atoms with E-state index in [4.69, 9.17) is 9.47 Å². The highest BCUT2D eigenvalue weighted by molar-refractivity contribution is 5.92. The average molecular weight is 561 g/mol. The fourth-order valence-corrected chi connectivity index (χ4v) is 5.52. The van der Waals surface area contributed by atoms with E-state index in [9.17, 15) is 19.2 Å². The molecular weight excluding hydrogens is 524 g/mol. The quantitative estimate of drug-likeness (QED) is 0.453. The first-order chi connectivity index (χ1) is 19.9. The van der Waals surface area contributed by atoms with Crippen LogP contribution in [0.3, 0.4) is 0 Å². The minimum absolute atomic E-state index is 0.0254. The fraction of sp³-hybridized carbons (Fsp3) is 0.419. The van der Waals surface area contributed by atoms with Crippen LogP contribution in [0.25, 0.3) is 0 Å². The number of fused-ring (bicyclic) bond motifs is 1. The predicted octanol–water partition coefficient (Wildman–Crippen LogP) is 2.59. The minimum Gasteiger partial charge on any atom is -0.433 e. The van der Waals surface area contributed by atoms with Crippen molar-refractivity contribution in [3.63, 3.8) is 0 Å². The number of hydrazine groups is 1. The van der Waals surface area contributed by atoms with Crippen molar-refractivity contribution in [2.45, 2.75) is 76.0 Å². The van der Waals surface area contributed by atoms with Crippen molar-refractivity contribution < 1.29 is 28.7 Å². The first-order valence-electron chi connectivity index (χ1n) is 14.2. The molecule has 0 saturated carbocycles. The summed E-state index contributed by atoms with van der Waals surface area (Å²) in [6.07, 6.45) is 1.90. The van der Waals surface area contributed by atoms with Gasteiger partial charge in [0.1, 0.15) is 18.1 Å². The Morgan fingerprint density at radius 2 is 1.68 bits per heavy atom. The van der Waals surface area contributed by atoms with Gasteiger partial charge in [-0.3, -0.25) is 24.2 Å². The molecule has 4 atom stereocenters. The second-order valence-corrected chi connectivity index (χ2v) is 10.6. The van der Waals surface area contributed by atoms with Crippen molar-refractivity contribution in [1.82, 2.24) is 20.7 Å². The van der Waals surface area contributed by atoms with E-state index in [1.165, 1.54) is 5.01 Å². The van der Waals surface area contributed by atoms with E-state index in [0.29, 0.717) is 38.6 Å². The second kappa shape index (κ2) is 13.0. The van der Waals surface area contributed by atoms with Crippen LogP contribution >= 0.6 is 0 Å². The molecule has 2 N–H and O–H groups in total. The molecule has 0 aliphatic carbocycles. The van der Waals surface area contributed by atoms with Crippen LogP contribution in [0, 0.1) is 0 Å². The highest BCUT2D eigenvalue weighted by Crippen LogP contribution is 2.29. The van der Waals surface area contributed by atoms with E-state index in [2.05, 4.69) is 17.2 Å². The highest BCUT2D eigenvalue weighted by atomic mass is 16.7. The molecule has 3 aliphatic heterocycles. The first kappa shape index (κ1) is 28.4. The second-order valence-electron chi connectivity index (χ2n) is 10.6. The monoisotopic (exact) mass is 560 g/mol. The molecule has 0 aromatic heterocycles. The van der Waals surface area contributed by atoms with Crippen LogP contribution in [0.1, 0.15) is 49.7 Å². The van der Waals surface area contributed by atoms with Gasteiger partial charge in [0.25, 0.3) is 5.91 Å². The number of ether oxygens (including phenoxy) is 2. The molecule has 3 amide bonds. The molecule has 0 bridgehead atoms. The van der Waals surface area contributed by atoms with Gasteiger partial charge in [-0.25, -0.2) is 5.01 Å². The zero-order valence-electron chi connectivity index (χ0n) is 23.0. The molecule has 41 heavy (non-hydrogen) atoms. The Hall–Kier alpha value is -4.18. The van der Waals surface area contributed by atoms with Crippen molar-refractivity contribution in [2.24, 2.45) is 0 Å². The first-order valence-corrected chi connectivity index (χ1v) is 14.2. The Morgan fingerprint density at radius 1 is 0.976 bits per heavy atom. The zero-order valence-corrected chi connectivity index (χ0v) is 23.0. The van der Waals surface area contributed by atoms with Gasteiger partial charge < -0.3 is 20.1 Å². The van der Waals surface area contributed by atoms with Crippen LogP contribution in [0.4, 0.5) is 0 Å². The summed E-state index contributed by atoms with van der Waals surface area (Å²) in [6, 6.07) is 16.9. The van der Waals surface area contributed by atoms with Gasteiger partial charge in [-0.05, 0) is 43.2 Å². The maximum absolute atomic E-state index is 13.8. The lowest BCUT2D eigenvalue weighted by molar-refractivity contribution is -0.170. The molecule has 10 heteroatoms. The van der Waals surface area contributed by atoms with Crippen LogP contribution < -0.4 is 10.6 Å². The van der Waals surface area contributed by atoms with Crippen LogP contribution in [-0.4, -0.2) is 64.7 Å². The maximum Gasteiger partial charge on any atom is 0.310 e. The number of rotatable bonds is 9. The summed E-state index contributed by atoms with van der Waals surface area (Å²) in [5.41, 5.74) is 2.68. The van der Waals surface area contributed by atoms with Gasteiger partial charge in [-0.2, -0.15) is 0 Å². The summed E-state index contributed by atoms with van der Waals surface area (Å²) < 4.78 is 11.2. The summed E-state index contributed by atoms with van der Waals surface area (Å²) in [5.74, 6) is -1.42. The molecule has 3 fully saturated rings. The maximum atomic E-state index is 13.8. The van der Waals surface area contributed by atoms with E-state index in [-0.39, 0.29) is 31.3 Å². The van der Waals surface area contributed by atoms with Crippen molar-refractivity contribution in [2.75, 3.05) is 6.54 Å². The van der Waals surface area contributed by atoms with Crippen molar-refractivity contribution in [1.29, 1.82) is 0 Å². The number of carbonyl (C=O) groups is 4. The van der Waals surface area contributed by atoms with Crippen molar-refractivity contribution in [3.8, 4) is 0 Å². The number of esters is 1. The normalized spacial score (nSPS) is 24.3. The van der Waals surface area contributed by atoms with Gasteiger partial charge in [-0.15, -0.1) is 0 Å². The number of carbonyl (C=O) groups excluding carboxylic acids is 4. The van der Waals surface area contributed by atoms with Gasteiger partial charge >= 0.3 is 5.97 Å². The summed E-state index contributed by atoms with van der Waals surface area (Å²) in [4.78, 5) is 52.3. The summed E-state index contributed by atoms with van der Waals surface area (Å²) >= 11 is 0. The third-order valence-electron chi connectivity index (χ3n) is 7.68. The van der Waals surface area contributed by atoms with E-state index in [1.807, 2.05) is 60.7 Å². The van der Waals surface area contributed by atoms with E-state index < -0.39 is 36.3 Å². The van der Waals surface area contributed by atoms with Crippen LogP contribution in [0.5, 0.6) is 0 Å². The molecule has 10 nitrogen and oxygen atoms in total. The van der Waals surface area contributed by atoms with Gasteiger partial charge in [0.05, 0.1) is 13.0 Å². The number of hydrogen-bond acceptors (Lipinski definition) is 7. The van der Waals surface area contributed by atoms with Crippen molar-refractivity contribution in [3.05, 3.63) is 84.1 Å². The van der Waals surface area contributed by atoms with Gasteiger partial charge in [0, 0.05) is 18.7 Å². The van der Waals surface area contributed by atoms with Gasteiger partial charge in [-0.1, -0.05) is 67.2 Å². The predicted molar refractivity (Wildman–Crippen MR) is 149 cm³/mol. The smallest absolute Gasteiger partial charge is 0.310 e. The minimum atomic E-state index is -0.933. The standard InChI is InChI=1S/C31H36N4O6/c1-21-14-16-24(32-27(36)17-15-22-9-4-2-5-10-22)30(39)35-26(13-8-18-34(21)35)29(38)33-25-19-28(37)41-31(25)40-20-23-11-6-3-7-12-23/h2-7,9-12,24-26,31H,1,8,13-20H2,(H,32,36)(H,33,38)/t24?,25-,26-,31?/m0/s1. The SMILES string of the molecule is C=C1CCC(NC(=O)CCc2ccccc2)C(=O)N2[C@H](C(=O)N[C@H]3CC(=O)OC3OCc3ccccc3)CCCN12. The Labute approximate surface area is 239 Å². The summed E-state index contributed by atoms with van der Waals surface area (Å²) in [5, 5.41) is 9.02. The van der Waals surface area contributed by atoms with E-state index in [1.54, 1.807) is 5.01 Å². The van der Waals surface area contributed by atoms with Gasteiger partial charge in [0.2, 0.25) is 18.1 Å². The lowest BCUT2D eigenvalue weighted by Gasteiger charge is -2.45. The molecule has 3 heterocycles. The lowest BCUT2D eigenvalue weighted by Crippen LogP contribution is -2.63. The van der Waals surface area contributed by atoms with Gasteiger partial charge in [0.15, 0.2) is 0 Å². The zero-order chi connectivity index (χ0) is 28.8. The number of allylic oxidation sites excluding steroid dienone is 1. The molecule has 2 aromatic carbocycles. The number of benzene rings is 2. The van der Waals surface area contributed by atoms with E-state index >= 15 is 0 Å². The molecular formula is C31H36N4O6. The number of hydrogen-bond donors (Lipinski definition) is 2. The topological polar surface area (TPSA) is 117 Å². The molecule has 216 valence electrons. The third kappa shape index (κ3) is 6.94. The number of cyclic esters (lactones) is 1. The molecule has 5 rings (SSSR count). The summed E-state index contributed by atoms with van der Waals surface area (Å²) in [6.45, 7) is 4.93. The number of nitrogens with zero attached hydrogens (tertiary/aromatic N) is 2. The van der Waals surface area contributed by atoms with E-state index in [0.717, 1.165) is 16.8 Å².